The lowest BCUT2D eigenvalue weighted by molar-refractivity contribution is 1.23. The van der Waals surface area contributed by atoms with Gasteiger partial charge in [0.25, 0.3) is 0 Å². The van der Waals surface area contributed by atoms with E-state index in [9.17, 15) is 0 Å². The Morgan fingerprint density at radius 2 is 0.929 bits per heavy atom. The highest BCUT2D eigenvalue weighted by Crippen LogP contribution is 2.34. The third kappa shape index (κ3) is 3.64. The largest absolute Gasteiger partial charge is 0.0629 e. The maximum atomic E-state index is 2.27. The van der Waals surface area contributed by atoms with Crippen LogP contribution >= 0.6 is 0 Å². The second-order valence-corrected chi connectivity index (χ2v) is 7.46. The molecule has 0 nitrogen and oxygen atoms in total. The van der Waals surface area contributed by atoms with Crippen LogP contribution in [0.25, 0.3) is 11.1 Å². The van der Waals surface area contributed by atoms with E-state index in [1.165, 1.54) is 50.4 Å². The Morgan fingerprint density at radius 1 is 0.500 bits per heavy atom. The molecule has 28 heavy (non-hydrogen) atoms. The van der Waals surface area contributed by atoms with Crippen LogP contribution in [0.3, 0.4) is 0 Å². The van der Waals surface area contributed by atoms with E-state index in [0.717, 1.165) is 0 Å². The molecule has 0 bridgehead atoms. The van der Waals surface area contributed by atoms with Crippen LogP contribution < -0.4 is 0 Å². The van der Waals surface area contributed by atoms with Crippen molar-refractivity contribution in [2.24, 2.45) is 0 Å². The van der Waals surface area contributed by atoms with Crippen molar-refractivity contribution in [3.8, 4) is 11.1 Å². The maximum absolute atomic E-state index is 2.27. The Labute approximate surface area is 168 Å². The van der Waals surface area contributed by atoms with Crippen molar-refractivity contribution in [2.75, 3.05) is 0 Å². The molecule has 4 aromatic rings. The lowest BCUT2D eigenvalue weighted by Crippen LogP contribution is -2.04. The SMILES string of the molecule is Cc1cc(C)c(-c2ccc([C](c3ccccc3)c3ccccc3)cc2)c(C)c1. The second-order valence-electron chi connectivity index (χ2n) is 7.46. The number of rotatable bonds is 4. The van der Waals surface area contributed by atoms with E-state index in [2.05, 4.69) is 118 Å². The third-order valence-electron chi connectivity index (χ3n) is 5.26. The highest BCUT2D eigenvalue weighted by Gasteiger charge is 2.17. The normalized spacial score (nSPS) is 11.0. The summed E-state index contributed by atoms with van der Waals surface area (Å²) in [6.45, 7) is 6.57. The van der Waals surface area contributed by atoms with Gasteiger partial charge in [-0.1, -0.05) is 103 Å². The van der Waals surface area contributed by atoms with Gasteiger partial charge in [0.15, 0.2) is 0 Å². The van der Waals surface area contributed by atoms with E-state index in [-0.39, 0.29) is 0 Å². The average Bonchev–Trinajstić information content (AvgIpc) is 2.70. The topological polar surface area (TPSA) is 0 Å². The summed E-state index contributed by atoms with van der Waals surface area (Å²) in [5, 5.41) is 0. The Hall–Kier alpha value is -3.12. The van der Waals surface area contributed by atoms with Crippen LogP contribution in [0.4, 0.5) is 0 Å². The number of benzene rings is 4. The lowest BCUT2D eigenvalue weighted by Gasteiger charge is -2.19. The van der Waals surface area contributed by atoms with E-state index < -0.39 is 0 Å². The van der Waals surface area contributed by atoms with Crippen molar-refractivity contribution >= 4 is 0 Å². The summed E-state index contributed by atoms with van der Waals surface area (Å²) >= 11 is 0. The summed E-state index contributed by atoms with van der Waals surface area (Å²) in [4.78, 5) is 0. The summed E-state index contributed by atoms with van der Waals surface area (Å²) in [6.07, 6.45) is 0. The van der Waals surface area contributed by atoms with E-state index >= 15 is 0 Å². The van der Waals surface area contributed by atoms with Gasteiger partial charge in [-0.15, -0.1) is 0 Å². The molecule has 0 aliphatic carbocycles. The van der Waals surface area contributed by atoms with Gasteiger partial charge in [0.2, 0.25) is 0 Å². The second kappa shape index (κ2) is 7.86. The van der Waals surface area contributed by atoms with Gasteiger partial charge in [-0.05, 0) is 59.7 Å². The molecule has 0 saturated carbocycles. The first-order chi connectivity index (χ1) is 13.6. The molecule has 0 heteroatoms. The fourth-order valence-electron chi connectivity index (χ4n) is 4.15. The first-order valence-electron chi connectivity index (χ1n) is 9.80. The quantitative estimate of drug-likeness (QED) is 0.335. The predicted octanol–water partition coefficient (Wildman–Crippen LogP) is 7.30. The van der Waals surface area contributed by atoms with Crippen molar-refractivity contribution in [3.63, 3.8) is 0 Å². The molecule has 137 valence electrons. The van der Waals surface area contributed by atoms with Crippen LogP contribution in [-0.2, 0) is 0 Å². The van der Waals surface area contributed by atoms with Crippen molar-refractivity contribution in [3.05, 3.63) is 136 Å². The fourth-order valence-corrected chi connectivity index (χ4v) is 4.15. The standard InChI is InChI=1S/C28H25/c1-20-18-21(2)27(22(3)19-20)25-14-16-26(17-15-25)28(23-10-6-4-7-11-23)24-12-8-5-9-13-24/h4-19H,1-3H3. The van der Waals surface area contributed by atoms with Crippen molar-refractivity contribution in [1.82, 2.24) is 0 Å². The molecular weight excluding hydrogens is 336 g/mol. The molecule has 0 aliphatic heterocycles. The predicted molar refractivity (Wildman–Crippen MR) is 120 cm³/mol. The minimum absolute atomic E-state index is 1.24. The van der Waals surface area contributed by atoms with Gasteiger partial charge in [-0.3, -0.25) is 0 Å². The molecular formula is C28H25. The Bertz CT molecular complexity index is 996. The Morgan fingerprint density at radius 3 is 1.39 bits per heavy atom. The summed E-state index contributed by atoms with van der Waals surface area (Å²) in [5.41, 5.74) is 10.3. The number of hydrogen-bond acceptors (Lipinski definition) is 0. The summed E-state index contributed by atoms with van der Waals surface area (Å²) in [6, 6.07) is 34.8. The van der Waals surface area contributed by atoms with Crippen LogP contribution in [0.2, 0.25) is 0 Å². The average molecular weight is 362 g/mol. The van der Waals surface area contributed by atoms with Crippen LogP contribution in [0.15, 0.2) is 97.1 Å². The first kappa shape index (κ1) is 18.3. The molecule has 4 rings (SSSR count). The van der Waals surface area contributed by atoms with Gasteiger partial charge >= 0.3 is 0 Å². The Balaban J connectivity index is 1.78. The minimum atomic E-state index is 1.24. The van der Waals surface area contributed by atoms with Gasteiger partial charge in [0, 0.05) is 0 Å². The summed E-state index contributed by atoms with van der Waals surface area (Å²) in [7, 11) is 0. The van der Waals surface area contributed by atoms with Gasteiger partial charge in [0.05, 0.1) is 5.92 Å². The van der Waals surface area contributed by atoms with Crippen LogP contribution in [0.1, 0.15) is 33.4 Å². The highest BCUT2D eigenvalue weighted by molar-refractivity contribution is 5.72. The molecule has 1 radical (unpaired) electrons. The Kier molecular flexibility index (Phi) is 5.12. The van der Waals surface area contributed by atoms with E-state index in [4.69, 9.17) is 0 Å². The van der Waals surface area contributed by atoms with Crippen LogP contribution in [0, 0.1) is 26.7 Å². The zero-order valence-electron chi connectivity index (χ0n) is 16.7. The molecule has 0 heterocycles. The van der Waals surface area contributed by atoms with Crippen LogP contribution in [-0.4, -0.2) is 0 Å². The summed E-state index contributed by atoms with van der Waals surface area (Å²) in [5.74, 6) is 1.27. The molecule has 0 N–H and O–H groups in total. The van der Waals surface area contributed by atoms with Gasteiger partial charge in [-0.2, -0.15) is 0 Å². The van der Waals surface area contributed by atoms with Crippen LogP contribution in [0.5, 0.6) is 0 Å². The molecule has 0 amide bonds. The monoisotopic (exact) mass is 361 g/mol. The number of aryl methyl sites for hydroxylation is 3. The first-order valence-corrected chi connectivity index (χ1v) is 9.80. The van der Waals surface area contributed by atoms with E-state index in [1.54, 1.807) is 0 Å². The van der Waals surface area contributed by atoms with E-state index in [0.29, 0.717) is 0 Å². The van der Waals surface area contributed by atoms with Gasteiger partial charge in [-0.25, -0.2) is 0 Å². The molecule has 4 aromatic carbocycles. The molecule has 0 spiro atoms. The molecule has 0 unspecified atom stereocenters. The smallest absolute Gasteiger partial charge is 0.0622 e. The molecule has 0 fully saturated rings. The van der Waals surface area contributed by atoms with E-state index in [1.807, 2.05) is 0 Å². The van der Waals surface area contributed by atoms with Crippen molar-refractivity contribution in [2.45, 2.75) is 20.8 Å². The zero-order valence-corrected chi connectivity index (χ0v) is 16.7. The number of hydrogen-bond donors (Lipinski definition) is 0. The van der Waals surface area contributed by atoms with Gasteiger partial charge < -0.3 is 0 Å². The van der Waals surface area contributed by atoms with Crippen molar-refractivity contribution in [1.29, 1.82) is 0 Å². The summed E-state index contributed by atoms with van der Waals surface area (Å²) < 4.78 is 0. The minimum Gasteiger partial charge on any atom is -0.0622 e. The molecule has 0 saturated heterocycles. The zero-order chi connectivity index (χ0) is 19.5. The highest BCUT2D eigenvalue weighted by atomic mass is 14.2. The molecule has 0 aliphatic rings. The van der Waals surface area contributed by atoms with Gasteiger partial charge in [0.1, 0.15) is 0 Å². The van der Waals surface area contributed by atoms with Crippen molar-refractivity contribution < 1.29 is 0 Å². The maximum Gasteiger partial charge on any atom is 0.0629 e. The fraction of sp³-hybridized carbons (Fsp3) is 0.107. The third-order valence-corrected chi connectivity index (χ3v) is 5.26. The molecule has 0 atom stereocenters. The lowest BCUT2D eigenvalue weighted by atomic mass is 9.84. The molecule has 0 aromatic heterocycles.